The predicted molar refractivity (Wildman–Crippen MR) is 68.0 cm³/mol. The van der Waals surface area contributed by atoms with Gasteiger partial charge >= 0.3 is 0 Å². The lowest BCUT2D eigenvalue weighted by Gasteiger charge is -2.36. The lowest BCUT2D eigenvalue weighted by Crippen LogP contribution is -2.44. The Bertz CT molecular complexity index is 315. The number of hydrogen-bond donors (Lipinski definition) is 1. The van der Waals surface area contributed by atoms with Crippen LogP contribution in [0.3, 0.4) is 0 Å². The van der Waals surface area contributed by atoms with Gasteiger partial charge in [-0.15, -0.1) is 0 Å². The first-order chi connectivity index (χ1) is 8.32. The molecule has 17 heavy (non-hydrogen) atoms. The Morgan fingerprint density at radius 3 is 2.71 bits per heavy atom. The maximum absolute atomic E-state index is 6.11. The quantitative estimate of drug-likeness (QED) is 0.824. The van der Waals surface area contributed by atoms with Gasteiger partial charge in [0.1, 0.15) is 5.76 Å². The average Bonchev–Trinajstić information content (AvgIpc) is 2.98. The van der Waals surface area contributed by atoms with Crippen molar-refractivity contribution < 1.29 is 9.15 Å². The second-order valence-corrected chi connectivity index (χ2v) is 4.71. The van der Waals surface area contributed by atoms with E-state index < -0.39 is 0 Å². The number of likely N-dealkylation sites (N-methyl/N-ethyl adjacent to an activating group) is 1. The van der Waals surface area contributed by atoms with E-state index in [1.165, 1.54) is 12.8 Å². The molecule has 1 fully saturated rings. The molecule has 1 atom stereocenters. The summed E-state index contributed by atoms with van der Waals surface area (Å²) in [4.78, 5) is 0. The van der Waals surface area contributed by atoms with E-state index in [0.717, 1.165) is 31.8 Å². The molecule has 1 aliphatic carbocycles. The Labute approximate surface area is 104 Å². The van der Waals surface area contributed by atoms with Crippen LogP contribution in [0.15, 0.2) is 22.8 Å². The monoisotopic (exact) mass is 237 g/mol. The van der Waals surface area contributed by atoms with Gasteiger partial charge in [-0.25, -0.2) is 0 Å². The smallest absolute Gasteiger partial charge is 0.123 e. The third-order valence-corrected chi connectivity index (χ3v) is 3.64. The van der Waals surface area contributed by atoms with Crippen molar-refractivity contribution in [3.8, 4) is 0 Å². The molecule has 0 aromatic carbocycles. The van der Waals surface area contributed by atoms with Crippen LogP contribution in [-0.4, -0.2) is 18.8 Å². The van der Waals surface area contributed by atoms with E-state index in [0.29, 0.717) is 0 Å². The molecule has 0 bridgehead atoms. The van der Waals surface area contributed by atoms with E-state index in [1.807, 2.05) is 12.1 Å². The molecule has 1 aromatic heterocycles. The Morgan fingerprint density at radius 2 is 2.18 bits per heavy atom. The van der Waals surface area contributed by atoms with Crippen LogP contribution in [0.5, 0.6) is 0 Å². The molecule has 3 heteroatoms. The molecule has 2 rings (SSSR count). The topological polar surface area (TPSA) is 34.4 Å². The van der Waals surface area contributed by atoms with Gasteiger partial charge in [0.25, 0.3) is 0 Å². The van der Waals surface area contributed by atoms with Crippen LogP contribution in [-0.2, 0) is 4.74 Å². The summed E-state index contributed by atoms with van der Waals surface area (Å²) in [5.74, 6) is 1.00. The summed E-state index contributed by atoms with van der Waals surface area (Å²) in [6.45, 7) is 5.90. The van der Waals surface area contributed by atoms with Crippen molar-refractivity contribution in [2.24, 2.45) is 0 Å². The van der Waals surface area contributed by atoms with Gasteiger partial charge < -0.3 is 14.5 Å². The molecule has 1 unspecified atom stereocenters. The lowest BCUT2D eigenvalue weighted by atomic mass is 9.90. The Balaban J connectivity index is 2.23. The summed E-state index contributed by atoms with van der Waals surface area (Å²) in [5.41, 5.74) is -0.0669. The van der Waals surface area contributed by atoms with E-state index in [2.05, 4.69) is 19.2 Å². The zero-order chi connectivity index (χ0) is 12.1. The first-order valence-electron chi connectivity index (χ1n) is 6.73. The van der Waals surface area contributed by atoms with Gasteiger partial charge in [-0.2, -0.15) is 0 Å². The summed E-state index contributed by atoms with van der Waals surface area (Å²) in [7, 11) is 0. The molecule has 0 amide bonds. The van der Waals surface area contributed by atoms with Crippen molar-refractivity contribution in [2.75, 3.05) is 13.2 Å². The minimum Gasteiger partial charge on any atom is -0.468 e. The van der Waals surface area contributed by atoms with Crippen LogP contribution in [0.2, 0.25) is 0 Å². The highest BCUT2D eigenvalue weighted by molar-refractivity contribution is 5.12. The van der Waals surface area contributed by atoms with Gasteiger partial charge in [0, 0.05) is 6.61 Å². The molecule has 96 valence electrons. The summed E-state index contributed by atoms with van der Waals surface area (Å²) in [6, 6.07) is 4.19. The number of hydrogen-bond acceptors (Lipinski definition) is 3. The lowest BCUT2D eigenvalue weighted by molar-refractivity contribution is -0.0667. The van der Waals surface area contributed by atoms with Crippen molar-refractivity contribution in [1.82, 2.24) is 5.32 Å². The van der Waals surface area contributed by atoms with E-state index in [-0.39, 0.29) is 11.6 Å². The van der Waals surface area contributed by atoms with Crippen LogP contribution in [0.4, 0.5) is 0 Å². The largest absolute Gasteiger partial charge is 0.468 e. The zero-order valence-electron chi connectivity index (χ0n) is 10.9. The highest BCUT2D eigenvalue weighted by atomic mass is 16.5. The maximum atomic E-state index is 6.11. The molecule has 1 saturated carbocycles. The second kappa shape index (κ2) is 5.69. The third-order valence-electron chi connectivity index (χ3n) is 3.64. The van der Waals surface area contributed by atoms with Gasteiger partial charge in [-0.3, -0.25) is 0 Å². The molecular weight excluding hydrogens is 214 g/mol. The molecule has 0 radical (unpaired) electrons. The van der Waals surface area contributed by atoms with E-state index >= 15 is 0 Å². The highest BCUT2D eigenvalue weighted by Gasteiger charge is 2.43. The van der Waals surface area contributed by atoms with Crippen molar-refractivity contribution in [3.05, 3.63) is 24.2 Å². The molecule has 1 N–H and O–H groups in total. The molecule has 0 aliphatic heterocycles. The first kappa shape index (κ1) is 12.7. The third kappa shape index (κ3) is 2.55. The Morgan fingerprint density at radius 1 is 1.41 bits per heavy atom. The number of furan rings is 1. The van der Waals surface area contributed by atoms with Crippen LogP contribution >= 0.6 is 0 Å². The van der Waals surface area contributed by atoms with Crippen molar-refractivity contribution >= 4 is 0 Å². The minimum absolute atomic E-state index is 0.0669. The standard InChI is InChI=1S/C14H23NO2/c1-3-15-13(12-8-7-11-16-12)14(17-4-2)9-5-6-10-14/h7-8,11,13,15H,3-6,9-10H2,1-2H3. The van der Waals surface area contributed by atoms with Gasteiger partial charge in [0.05, 0.1) is 17.9 Å². The van der Waals surface area contributed by atoms with Crippen LogP contribution < -0.4 is 5.32 Å². The van der Waals surface area contributed by atoms with Crippen LogP contribution in [0.1, 0.15) is 51.3 Å². The van der Waals surface area contributed by atoms with Crippen LogP contribution in [0, 0.1) is 0 Å². The fraction of sp³-hybridized carbons (Fsp3) is 0.714. The predicted octanol–water partition coefficient (Wildman–Crippen LogP) is 3.28. The Hall–Kier alpha value is -0.800. The number of nitrogens with one attached hydrogen (secondary N) is 1. The molecule has 1 aliphatic rings. The SMILES string of the molecule is CCNC(c1ccco1)C1(OCC)CCCC1. The summed E-state index contributed by atoms with van der Waals surface area (Å²) >= 11 is 0. The van der Waals surface area contributed by atoms with E-state index in [4.69, 9.17) is 9.15 Å². The molecule has 3 nitrogen and oxygen atoms in total. The van der Waals surface area contributed by atoms with Gasteiger partial charge in [0.15, 0.2) is 0 Å². The van der Waals surface area contributed by atoms with Crippen molar-refractivity contribution in [3.63, 3.8) is 0 Å². The summed E-state index contributed by atoms with van der Waals surface area (Å²) in [6.07, 6.45) is 6.50. The average molecular weight is 237 g/mol. The van der Waals surface area contributed by atoms with E-state index in [1.54, 1.807) is 6.26 Å². The minimum atomic E-state index is -0.0669. The Kier molecular flexibility index (Phi) is 4.24. The normalized spacial score (nSPS) is 20.6. The van der Waals surface area contributed by atoms with Crippen molar-refractivity contribution in [1.29, 1.82) is 0 Å². The molecule has 1 heterocycles. The van der Waals surface area contributed by atoms with E-state index in [9.17, 15) is 0 Å². The molecule has 1 aromatic rings. The molecular formula is C14H23NO2. The molecule has 0 saturated heterocycles. The van der Waals surface area contributed by atoms with Crippen molar-refractivity contribution in [2.45, 2.75) is 51.2 Å². The highest BCUT2D eigenvalue weighted by Crippen LogP contribution is 2.43. The second-order valence-electron chi connectivity index (χ2n) is 4.71. The maximum Gasteiger partial charge on any atom is 0.123 e. The van der Waals surface area contributed by atoms with Gasteiger partial charge in [0.2, 0.25) is 0 Å². The number of ether oxygens (including phenoxy) is 1. The fourth-order valence-corrected chi connectivity index (χ4v) is 2.98. The fourth-order valence-electron chi connectivity index (χ4n) is 2.98. The molecule has 0 spiro atoms. The summed E-state index contributed by atoms with van der Waals surface area (Å²) < 4.78 is 11.7. The van der Waals surface area contributed by atoms with Crippen LogP contribution in [0.25, 0.3) is 0 Å². The van der Waals surface area contributed by atoms with Gasteiger partial charge in [-0.05, 0) is 38.4 Å². The zero-order valence-corrected chi connectivity index (χ0v) is 10.9. The van der Waals surface area contributed by atoms with Gasteiger partial charge in [-0.1, -0.05) is 19.8 Å². The summed E-state index contributed by atoms with van der Waals surface area (Å²) in [5, 5.41) is 3.53. The number of rotatable bonds is 6. The first-order valence-corrected chi connectivity index (χ1v) is 6.73.